The minimum absolute atomic E-state index is 0.490. The standard InChI is InChI=1S/2C16H26/c2*1-11-8-13-15(4,5)12-6-7-16(13,10-12)14(2,3)9-11/h2*8,11-12H,6-7,9-10H2,1-5H3/t11-,12+,16+;11-,12-,16-/m10/s1. The molecule has 6 aliphatic carbocycles. The summed E-state index contributed by atoms with van der Waals surface area (Å²) in [5, 5.41) is 0. The van der Waals surface area contributed by atoms with Gasteiger partial charge in [-0.15, -0.1) is 0 Å². The van der Waals surface area contributed by atoms with E-state index in [1.54, 1.807) is 0 Å². The molecule has 32 heavy (non-hydrogen) atoms. The average Bonchev–Trinajstić information content (AvgIpc) is 3.36. The molecule has 4 bridgehead atoms. The molecule has 0 amide bonds. The molecule has 0 saturated heterocycles. The Kier molecular flexibility index (Phi) is 4.77. The summed E-state index contributed by atoms with van der Waals surface area (Å²) in [6, 6.07) is 0. The van der Waals surface area contributed by atoms with E-state index in [-0.39, 0.29) is 0 Å². The third-order valence-corrected chi connectivity index (χ3v) is 12.6. The summed E-state index contributed by atoms with van der Waals surface area (Å²) >= 11 is 0. The fourth-order valence-electron chi connectivity index (χ4n) is 10.9. The molecule has 6 rings (SSSR count). The molecule has 6 atom stereocenters. The fraction of sp³-hybridized carbons (Fsp3) is 0.875. The van der Waals surface area contributed by atoms with E-state index in [9.17, 15) is 0 Å². The SMILES string of the molecule is C[C@@H]1C=C2C(C)(C)[C@H]3CC[C@@]2(C3)C(C)(C)C1.C[C@H]1C=C2C(C)(C)[C@H]3CC[C@@]2(C3)C(C)(C)C1. The van der Waals surface area contributed by atoms with Crippen LogP contribution in [0.5, 0.6) is 0 Å². The first-order valence-corrected chi connectivity index (χ1v) is 14.0. The number of hydrogen-bond donors (Lipinski definition) is 0. The van der Waals surface area contributed by atoms with Gasteiger partial charge in [-0.25, -0.2) is 0 Å². The summed E-state index contributed by atoms with van der Waals surface area (Å²) in [6.07, 6.45) is 16.9. The molecular weight excluding hydrogens is 384 g/mol. The van der Waals surface area contributed by atoms with Gasteiger partial charge in [0.15, 0.2) is 0 Å². The molecule has 0 nitrogen and oxygen atoms in total. The van der Waals surface area contributed by atoms with Crippen LogP contribution in [0, 0.1) is 56.2 Å². The van der Waals surface area contributed by atoms with Crippen LogP contribution in [0.1, 0.15) is 121 Å². The van der Waals surface area contributed by atoms with Crippen molar-refractivity contribution in [1.82, 2.24) is 0 Å². The van der Waals surface area contributed by atoms with Crippen LogP contribution in [-0.4, -0.2) is 0 Å². The van der Waals surface area contributed by atoms with Gasteiger partial charge in [0.1, 0.15) is 0 Å². The summed E-state index contributed by atoms with van der Waals surface area (Å²) in [7, 11) is 0. The Morgan fingerprint density at radius 2 is 0.906 bits per heavy atom. The zero-order chi connectivity index (χ0) is 23.5. The van der Waals surface area contributed by atoms with Crippen LogP contribution in [0.15, 0.2) is 23.3 Å². The molecule has 0 heterocycles. The van der Waals surface area contributed by atoms with E-state index in [1.165, 1.54) is 51.4 Å². The topological polar surface area (TPSA) is 0 Å². The van der Waals surface area contributed by atoms with Crippen molar-refractivity contribution in [3.63, 3.8) is 0 Å². The molecule has 0 aromatic rings. The van der Waals surface area contributed by atoms with Gasteiger partial charge in [-0.3, -0.25) is 0 Å². The second kappa shape index (κ2) is 6.57. The zero-order valence-electron chi connectivity index (χ0n) is 23.1. The molecule has 0 aliphatic heterocycles. The Bertz CT molecular complexity index is 788. The highest BCUT2D eigenvalue weighted by Gasteiger charge is 2.65. The maximum Gasteiger partial charge on any atom is -0.00282 e. The van der Waals surface area contributed by atoms with Crippen molar-refractivity contribution in [3.8, 4) is 0 Å². The first-order valence-electron chi connectivity index (χ1n) is 14.0. The lowest BCUT2D eigenvalue weighted by atomic mass is 9.52. The molecule has 6 aliphatic rings. The van der Waals surface area contributed by atoms with E-state index in [4.69, 9.17) is 0 Å². The Morgan fingerprint density at radius 1 is 0.562 bits per heavy atom. The van der Waals surface area contributed by atoms with Crippen LogP contribution in [0.2, 0.25) is 0 Å². The predicted octanol–water partition coefficient (Wildman–Crippen LogP) is 9.61. The third kappa shape index (κ3) is 2.74. The summed E-state index contributed by atoms with van der Waals surface area (Å²) < 4.78 is 0. The molecule has 0 aromatic carbocycles. The van der Waals surface area contributed by atoms with E-state index in [1.807, 2.05) is 11.1 Å². The fourth-order valence-corrected chi connectivity index (χ4v) is 10.9. The van der Waals surface area contributed by atoms with Crippen LogP contribution in [0.4, 0.5) is 0 Å². The minimum atomic E-state index is 0.490. The number of rotatable bonds is 0. The normalized spacial score (nSPS) is 47.7. The molecule has 2 spiro atoms. The highest BCUT2D eigenvalue weighted by molar-refractivity contribution is 5.38. The van der Waals surface area contributed by atoms with Gasteiger partial charge in [0, 0.05) is 0 Å². The Morgan fingerprint density at radius 3 is 1.25 bits per heavy atom. The molecule has 4 fully saturated rings. The lowest BCUT2D eigenvalue weighted by molar-refractivity contribution is 0.0741. The molecule has 180 valence electrons. The monoisotopic (exact) mass is 436 g/mol. The summed E-state index contributed by atoms with van der Waals surface area (Å²) in [5.41, 5.74) is 6.85. The van der Waals surface area contributed by atoms with Crippen LogP contribution in [0.3, 0.4) is 0 Å². The number of fused-ring (bicyclic) bond motifs is 2. The van der Waals surface area contributed by atoms with Crippen molar-refractivity contribution in [3.05, 3.63) is 23.3 Å². The second-order valence-corrected chi connectivity index (χ2v) is 15.8. The lowest BCUT2D eigenvalue weighted by Crippen LogP contribution is -2.43. The van der Waals surface area contributed by atoms with Crippen LogP contribution in [-0.2, 0) is 0 Å². The summed E-state index contributed by atoms with van der Waals surface area (Å²) in [5.74, 6) is 3.50. The van der Waals surface area contributed by atoms with Crippen LogP contribution < -0.4 is 0 Å². The van der Waals surface area contributed by atoms with Crippen molar-refractivity contribution >= 4 is 0 Å². The van der Waals surface area contributed by atoms with E-state index in [0.717, 1.165) is 23.7 Å². The van der Waals surface area contributed by atoms with Crippen molar-refractivity contribution in [2.45, 2.75) is 121 Å². The highest BCUT2D eigenvalue weighted by Crippen LogP contribution is 2.75. The Hall–Kier alpha value is -0.520. The predicted molar refractivity (Wildman–Crippen MR) is 138 cm³/mol. The molecule has 0 aromatic heterocycles. The van der Waals surface area contributed by atoms with E-state index in [0.29, 0.717) is 32.5 Å². The highest BCUT2D eigenvalue weighted by atomic mass is 14.7. The number of hydrogen-bond acceptors (Lipinski definition) is 0. The van der Waals surface area contributed by atoms with Crippen molar-refractivity contribution in [1.29, 1.82) is 0 Å². The Labute approximate surface area is 200 Å². The van der Waals surface area contributed by atoms with Crippen LogP contribution >= 0.6 is 0 Å². The van der Waals surface area contributed by atoms with Gasteiger partial charge >= 0.3 is 0 Å². The van der Waals surface area contributed by atoms with E-state index in [2.05, 4.69) is 81.4 Å². The van der Waals surface area contributed by atoms with Crippen LogP contribution in [0.25, 0.3) is 0 Å². The maximum absolute atomic E-state index is 2.64. The largest absolute Gasteiger partial charge is 0.0813 e. The van der Waals surface area contributed by atoms with Gasteiger partial charge in [0.25, 0.3) is 0 Å². The first kappa shape index (κ1) is 23.2. The Balaban J connectivity index is 0.000000135. The quantitative estimate of drug-likeness (QED) is 0.331. The van der Waals surface area contributed by atoms with Crippen molar-refractivity contribution in [2.24, 2.45) is 56.2 Å². The van der Waals surface area contributed by atoms with Gasteiger partial charge < -0.3 is 0 Å². The third-order valence-electron chi connectivity index (χ3n) is 12.6. The molecule has 0 N–H and O–H groups in total. The van der Waals surface area contributed by atoms with Gasteiger partial charge in [-0.05, 0) is 108 Å². The maximum atomic E-state index is 2.64. The van der Waals surface area contributed by atoms with E-state index >= 15 is 0 Å². The van der Waals surface area contributed by atoms with Gasteiger partial charge in [0.2, 0.25) is 0 Å². The van der Waals surface area contributed by atoms with E-state index < -0.39 is 0 Å². The van der Waals surface area contributed by atoms with Gasteiger partial charge in [-0.2, -0.15) is 0 Å². The molecular formula is C32H52. The molecule has 4 saturated carbocycles. The smallest absolute Gasteiger partial charge is 0.00282 e. The second-order valence-electron chi connectivity index (χ2n) is 15.8. The van der Waals surface area contributed by atoms with Gasteiger partial charge in [0.05, 0.1) is 0 Å². The van der Waals surface area contributed by atoms with Gasteiger partial charge in [-0.1, -0.05) is 92.5 Å². The average molecular weight is 437 g/mol. The summed E-state index contributed by atoms with van der Waals surface area (Å²) in [6.45, 7) is 24.9. The lowest BCUT2D eigenvalue weighted by Gasteiger charge is -2.52. The zero-order valence-corrected chi connectivity index (χ0v) is 23.1. The first-order chi connectivity index (χ1) is 14.6. The molecule has 0 heteroatoms. The number of allylic oxidation sites excluding steroid dienone is 4. The molecule has 0 unspecified atom stereocenters. The molecule has 0 radical (unpaired) electrons. The van der Waals surface area contributed by atoms with Crippen molar-refractivity contribution < 1.29 is 0 Å². The minimum Gasteiger partial charge on any atom is -0.0813 e. The van der Waals surface area contributed by atoms with Crippen molar-refractivity contribution in [2.75, 3.05) is 0 Å². The summed E-state index contributed by atoms with van der Waals surface area (Å²) in [4.78, 5) is 0.